The summed E-state index contributed by atoms with van der Waals surface area (Å²) in [5, 5.41) is 16.1. The zero-order valence-corrected chi connectivity index (χ0v) is 13.8. The highest BCUT2D eigenvalue weighted by Crippen LogP contribution is 2.19. The molecule has 2 aromatic carbocycles. The van der Waals surface area contributed by atoms with Crippen molar-refractivity contribution in [2.75, 3.05) is 5.32 Å². The third-order valence-electron chi connectivity index (χ3n) is 2.83. The van der Waals surface area contributed by atoms with Gasteiger partial charge in [-0.3, -0.25) is 9.59 Å². The number of halogens is 1. The number of nitrogens with one attached hydrogen (secondary N) is 2. The van der Waals surface area contributed by atoms with Crippen LogP contribution in [0.5, 0.6) is 5.75 Å². The summed E-state index contributed by atoms with van der Waals surface area (Å²) in [5.41, 5.74) is 3.85. The standard InChI is InChI=1S/C16H14BrN3O3/c1-10(21)19-14-5-2-11(3-6-14)16(23)20-18-9-12-8-13(17)4-7-15(12)22/h2-9,22H,1H3,(H,19,21)(H,20,23)/b18-9-. The first-order chi connectivity index (χ1) is 11.0. The average Bonchev–Trinajstić information content (AvgIpc) is 2.50. The number of carbonyl (C=O) groups is 2. The van der Waals surface area contributed by atoms with Crippen molar-refractivity contribution in [1.29, 1.82) is 0 Å². The Hall–Kier alpha value is -2.67. The molecular formula is C16H14BrN3O3. The van der Waals surface area contributed by atoms with Crippen LogP contribution in [-0.4, -0.2) is 23.1 Å². The van der Waals surface area contributed by atoms with E-state index < -0.39 is 5.91 Å². The number of hydrogen-bond acceptors (Lipinski definition) is 4. The van der Waals surface area contributed by atoms with Crippen molar-refractivity contribution in [2.24, 2.45) is 5.10 Å². The molecule has 0 atom stereocenters. The molecule has 0 fully saturated rings. The van der Waals surface area contributed by atoms with Crippen LogP contribution < -0.4 is 10.7 Å². The van der Waals surface area contributed by atoms with Gasteiger partial charge in [-0.25, -0.2) is 5.43 Å². The third-order valence-corrected chi connectivity index (χ3v) is 3.32. The van der Waals surface area contributed by atoms with Crippen molar-refractivity contribution in [3.63, 3.8) is 0 Å². The second-order valence-electron chi connectivity index (χ2n) is 4.66. The monoisotopic (exact) mass is 375 g/mol. The summed E-state index contributed by atoms with van der Waals surface area (Å²) in [6.45, 7) is 1.41. The van der Waals surface area contributed by atoms with Crippen molar-refractivity contribution in [1.82, 2.24) is 5.43 Å². The maximum absolute atomic E-state index is 11.9. The van der Waals surface area contributed by atoms with Gasteiger partial charge in [-0.2, -0.15) is 5.10 Å². The van der Waals surface area contributed by atoms with E-state index in [4.69, 9.17) is 0 Å². The molecule has 0 aliphatic heterocycles. The van der Waals surface area contributed by atoms with Crippen LogP contribution in [0.4, 0.5) is 5.69 Å². The molecule has 0 radical (unpaired) electrons. The van der Waals surface area contributed by atoms with Crippen molar-refractivity contribution < 1.29 is 14.7 Å². The van der Waals surface area contributed by atoms with Gasteiger partial charge in [0.1, 0.15) is 5.75 Å². The van der Waals surface area contributed by atoms with Gasteiger partial charge in [-0.1, -0.05) is 15.9 Å². The maximum atomic E-state index is 11.9. The van der Waals surface area contributed by atoms with Crippen LogP contribution >= 0.6 is 15.9 Å². The zero-order valence-electron chi connectivity index (χ0n) is 12.2. The van der Waals surface area contributed by atoms with Gasteiger partial charge in [0.05, 0.1) is 6.21 Å². The van der Waals surface area contributed by atoms with E-state index in [1.54, 1.807) is 36.4 Å². The van der Waals surface area contributed by atoms with E-state index in [2.05, 4.69) is 31.8 Å². The fraction of sp³-hybridized carbons (Fsp3) is 0.0625. The molecule has 2 aromatic rings. The lowest BCUT2D eigenvalue weighted by atomic mass is 10.2. The van der Waals surface area contributed by atoms with Gasteiger partial charge in [0.15, 0.2) is 0 Å². The van der Waals surface area contributed by atoms with Crippen molar-refractivity contribution in [2.45, 2.75) is 6.92 Å². The number of phenols is 1. The van der Waals surface area contributed by atoms with Gasteiger partial charge in [0.25, 0.3) is 5.91 Å². The number of aromatic hydroxyl groups is 1. The Morgan fingerprint density at radius 2 is 1.87 bits per heavy atom. The van der Waals surface area contributed by atoms with Crippen molar-refractivity contribution >= 4 is 39.6 Å². The molecule has 0 aliphatic rings. The number of nitrogens with zero attached hydrogens (tertiary/aromatic N) is 1. The fourth-order valence-corrected chi connectivity index (χ4v) is 2.14. The largest absolute Gasteiger partial charge is 0.507 e. The zero-order chi connectivity index (χ0) is 16.8. The first-order valence-electron chi connectivity index (χ1n) is 6.65. The highest BCUT2D eigenvalue weighted by atomic mass is 79.9. The molecule has 0 spiro atoms. The number of hydrazone groups is 1. The Morgan fingerprint density at radius 1 is 1.17 bits per heavy atom. The van der Waals surface area contributed by atoms with E-state index in [0.29, 0.717) is 16.8 Å². The van der Waals surface area contributed by atoms with E-state index in [1.165, 1.54) is 19.2 Å². The minimum Gasteiger partial charge on any atom is -0.507 e. The first kappa shape index (κ1) is 16.7. The normalized spacial score (nSPS) is 10.5. The number of phenolic OH excluding ortho intramolecular Hbond substituents is 1. The summed E-state index contributed by atoms with van der Waals surface area (Å²) in [5.74, 6) is -0.517. The van der Waals surface area contributed by atoms with Crippen LogP contribution in [0.2, 0.25) is 0 Å². The van der Waals surface area contributed by atoms with E-state index in [0.717, 1.165) is 4.47 Å². The third kappa shape index (κ3) is 4.93. The summed E-state index contributed by atoms with van der Waals surface area (Å²) in [6.07, 6.45) is 1.35. The Kier molecular flexibility index (Phi) is 5.48. The van der Waals surface area contributed by atoms with Crippen molar-refractivity contribution in [3.05, 3.63) is 58.1 Å². The first-order valence-corrected chi connectivity index (χ1v) is 7.44. The van der Waals surface area contributed by atoms with E-state index in [-0.39, 0.29) is 11.7 Å². The van der Waals surface area contributed by atoms with E-state index in [9.17, 15) is 14.7 Å². The fourth-order valence-electron chi connectivity index (χ4n) is 1.76. The topological polar surface area (TPSA) is 90.8 Å². The number of carbonyl (C=O) groups excluding carboxylic acids is 2. The lowest BCUT2D eigenvalue weighted by Crippen LogP contribution is -2.17. The smallest absolute Gasteiger partial charge is 0.271 e. The van der Waals surface area contributed by atoms with Crippen LogP contribution in [0.25, 0.3) is 0 Å². The van der Waals surface area contributed by atoms with E-state index >= 15 is 0 Å². The van der Waals surface area contributed by atoms with Crippen LogP contribution in [0, 0.1) is 0 Å². The van der Waals surface area contributed by atoms with Crippen LogP contribution in [0.3, 0.4) is 0 Å². The van der Waals surface area contributed by atoms with Gasteiger partial charge in [0.2, 0.25) is 5.91 Å². The average molecular weight is 376 g/mol. The number of benzene rings is 2. The molecule has 2 rings (SSSR count). The number of hydrogen-bond donors (Lipinski definition) is 3. The number of rotatable bonds is 4. The molecule has 0 saturated carbocycles. The molecule has 118 valence electrons. The Morgan fingerprint density at radius 3 is 2.52 bits per heavy atom. The molecule has 0 aromatic heterocycles. The quantitative estimate of drug-likeness (QED) is 0.566. The summed E-state index contributed by atoms with van der Waals surface area (Å²) >= 11 is 3.29. The van der Waals surface area contributed by atoms with Crippen LogP contribution in [0.15, 0.2) is 52.0 Å². The second-order valence-corrected chi connectivity index (χ2v) is 5.58. The minimum atomic E-state index is -0.398. The Bertz CT molecular complexity index is 758. The summed E-state index contributed by atoms with van der Waals surface area (Å²) in [4.78, 5) is 22.9. The predicted molar refractivity (Wildman–Crippen MR) is 91.6 cm³/mol. The second kappa shape index (κ2) is 7.55. The highest BCUT2D eigenvalue weighted by Gasteiger charge is 2.05. The Balaban J connectivity index is 2.00. The Labute approximate surface area is 141 Å². The van der Waals surface area contributed by atoms with Gasteiger partial charge in [-0.15, -0.1) is 0 Å². The highest BCUT2D eigenvalue weighted by molar-refractivity contribution is 9.10. The van der Waals surface area contributed by atoms with Crippen LogP contribution in [-0.2, 0) is 4.79 Å². The number of amides is 2. The summed E-state index contributed by atoms with van der Waals surface area (Å²) in [6, 6.07) is 11.3. The van der Waals surface area contributed by atoms with Gasteiger partial charge in [0, 0.05) is 28.2 Å². The van der Waals surface area contributed by atoms with E-state index in [1.807, 2.05) is 0 Å². The SMILES string of the molecule is CC(=O)Nc1ccc(C(=O)N/N=C\c2cc(Br)ccc2O)cc1. The number of anilines is 1. The molecule has 0 heterocycles. The molecule has 0 bridgehead atoms. The van der Waals surface area contributed by atoms with Gasteiger partial charge in [-0.05, 0) is 42.5 Å². The molecular weight excluding hydrogens is 362 g/mol. The lowest BCUT2D eigenvalue weighted by Gasteiger charge is -2.04. The maximum Gasteiger partial charge on any atom is 0.271 e. The molecule has 0 unspecified atom stereocenters. The summed E-state index contributed by atoms with van der Waals surface area (Å²) < 4.78 is 0.789. The minimum absolute atomic E-state index is 0.0610. The lowest BCUT2D eigenvalue weighted by molar-refractivity contribution is -0.114. The van der Waals surface area contributed by atoms with Crippen LogP contribution in [0.1, 0.15) is 22.8 Å². The molecule has 7 heteroatoms. The molecule has 0 aliphatic carbocycles. The summed E-state index contributed by atoms with van der Waals surface area (Å²) in [7, 11) is 0. The molecule has 2 amide bonds. The molecule has 6 nitrogen and oxygen atoms in total. The molecule has 0 saturated heterocycles. The van der Waals surface area contributed by atoms with Gasteiger partial charge >= 0.3 is 0 Å². The predicted octanol–water partition coefficient (Wildman–Crippen LogP) is 2.88. The van der Waals surface area contributed by atoms with Crippen molar-refractivity contribution in [3.8, 4) is 5.75 Å². The molecule has 23 heavy (non-hydrogen) atoms. The van der Waals surface area contributed by atoms with Gasteiger partial charge < -0.3 is 10.4 Å². The molecule has 3 N–H and O–H groups in total.